The van der Waals surface area contributed by atoms with Gasteiger partial charge in [0.1, 0.15) is 5.75 Å². The molecule has 1 atom stereocenters. The molecule has 26 heavy (non-hydrogen) atoms. The second-order valence-electron chi connectivity index (χ2n) is 6.56. The van der Waals surface area contributed by atoms with E-state index in [1.807, 2.05) is 56.5 Å². The lowest BCUT2D eigenvalue weighted by molar-refractivity contribution is -0.149. The fourth-order valence-corrected chi connectivity index (χ4v) is 2.36. The van der Waals surface area contributed by atoms with Gasteiger partial charge in [-0.3, -0.25) is 4.99 Å². The molecule has 2 rings (SSSR count). The quantitative estimate of drug-likeness (QED) is 0.479. The van der Waals surface area contributed by atoms with Crippen molar-refractivity contribution in [1.29, 1.82) is 0 Å². The van der Waals surface area contributed by atoms with E-state index in [0.29, 0.717) is 11.7 Å². The summed E-state index contributed by atoms with van der Waals surface area (Å²) in [5.74, 6) is 0.825. The molecule has 0 spiro atoms. The number of ether oxygens (including phenoxy) is 2. The van der Waals surface area contributed by atoms with Crippen LogP contribution >= 0.6 is 0 Å². The molecular weight excluding hydrogens is 326 g/mol. The van der Waals surface area contributed by atoms with Gasteiger partial charge in [0.05, 0.1) is 11.8 Å². The minimum atomic E-state index is -0.369. The average Bonchev–Trinajstić information content (AvgIpc) is 2.65. The maximum atomic E-state index is 11.5. The molecule has 0 bridgehead atoms. The summed E-state index contributed by atoms with van der Waals surface area (Å²) in [7, 11) is 0. The second kappa shape index (κ2) is 9.76. The second-order valence-corrected chi connectivity index (χ2v) is 6.56. The van der Waals surface area contributed by atoms with Gasteiger partial charge in [0, 0.05) is 6.21 Å². The van der Waals surface area contributed by atoms with Crippen LogP contribution in [0.4, 0.5) is 5.69 Å². The van der Waals surface area contributed by atoms with Crippen molar-refractivity contribution in [3.63, 3.8) is 0 Å². The van der Waals surface area contributed by atoms with E-state index < -0.39 is 0 Å². The van der Waals surface area contributed by atoms with Crippen LogP contribution in [0.5, 0.6) is 5.75 Å². The van der Waals surface area contributed by atoms with Crippen molar-refractivity contribution in [2.45, 2.75) is 46.1 Å². The topological polar surface area (TPSA) is 47.9 Å². The molecular formula is C22H27NO3. The van der Waals surface area contributed by atoms with E-state index in [2.05, 4.69) is 31.0 Å². The highest BCUT2D eigenvalue weighted by Gasteiger charge is 2.06. The largest absolute Gasteiger partial charge is 0.482 e. The maximum absolute atomic E-state index is 11.5. The number of hydrogen-bond donors (Lipinski definition) is 0. The molecule has 4 heteroatoms. The molecule has 0 aliphatic carbocycles. The lowest BCUT2D eigenvalue weighted by Gasteiger charge is -2.09. The van der Waals surface area contributed by atoms with Crippen LogP contribution in [0, 0.1) is 0 Å². The molecule has 0 radical (unpaired) electrons. The minimum Gasteiger partial charge on any atom is -0.482 e. The number of nitrogens with zero attached hydrogens (tertiary/aromatic N) is 1. The van der Waals surface area contributed by atoms with Crippen molar-refractivity contribution in [3.05, 3.63) is 59.7 Å². The van der Waals surface area contributed by atoms with Gasteiger partial charge in [0.15, 0.2) is 6.61 Å². The van der Waals surface area contributed by atoms with E-state index in [-0.39, 0.29) is 18.7 Å². The first-order valence-corrected chi connectivity index (χ1v) is 9.04. The monoisotopic (exact) mass is 353 g/mol. The van der Waals surface area contributed by atoms with E-state index in [4.69, 9.17) is 9.47 Å². The fourth-order valence-electron chi connectivity index (χ4n) is 2.36. The molecule has 0 heterocycles. The lowest BCUT2D eigenvalue weighted by Crippen LogP contribution is -2.18. The third-order valence-electron chi connectivity index (χ3n) is 4.04. The smallest absolute Gasteiger partial charge is 0.344 e. The summed E-state index contributed by atoms with van der Waals surface area (Å²) >= 11 is 0. The lowest BCUT2D eigenvalue weighted by atomic mass is 9.99. The molecule has 138 valence electrons. The van der Waals surface area contributed by atoms with E-state index in [9.17, 15) is 4.79 Å². The Hall–Kier alpha value is -2.62. The highest BCUT2D eigenvalue weighted by atomic mass is 16.6. The zero-order valence-electron chi connectivity index (χ0n) is 15.9. The zero-order chi connectivity index (χ0) is 18.9. The van der Waals surface area contributed by atoms with Crippen LogP contribution in [-0.2, 0) is 9.53 Å². The molecule has 0 N–H and O–H groups in total. The van der Waals surface area contributed by atoms with Gasteiger partial charge >= 0.3 is 5.97 Å². The molecule has 0 aromatic heterocycles. The van der Waals surface area contributed by atoms with Crippen LogP contribution in [0.25, 0.3) is 0 Å². The molecule has 0 saturated heterocycles. The molecule has 0 fully saturated rings. The number of aliphatic imine (C=N–C) groups is 1. The Morgan fingerprint density at radius 3 is 2.27 bits per heavy atom. The van der Waals surface area contributed by atoms with Crippen LogP contribution in [0.3, 0.4) is 0 Å². The van der Waals surface area contributed by atoms with Gasteiger partial charge in [0.2, 0.25) is 0 Å². The van der Waals surface area contributed by atoms with Gasteiger partial charge < -0.3 is 9.47 Å². The van der Waals surface area contributed by atoms with Crippen molar-refractivity contribution in [2.24, 2.45) is 4.99 Å². The van der Waals surface area contributed by atoms with Gasteiger partial charge in [-0.05, 0) is 73.7 Å². The number of esters is 1. The molecule has 0 unspecified atom stereocenters. The van der Waals surface area contributed by atoms with E-state index in [1.54, 1.807) is 0 Å². The molecule has 0 aliphatic heterocycles. The Balaban J connectivity index is 1.90. The normalized spacial score (nSPS) is 12.3. The standard InChI is InChI=1S/C22H27NO3/c1-5-17(4)19-8-10-20(11-9-19)23-14-18-6-12-21(13-7-18)25-15-22(24)26-16(2)3/h6-14,16-17H,5,15H2,1-4H3/t17-/m1/s1. The summed E-state index contributed by atoms with van der Waals surface area (Å²) in [5, 5.41) is 0. The van der Waals surface area contributed by atoms with Gasteiger partial charge in [-0.2, -0.15) is 0 Å². The summed E-state index contributed by atoms with van der Waals surface area (Å²) in [4.78, 5) is 16.0. The number of carbonyl (C=O) groups excluding carboxylic acids is 1. The number of benzene rings is 2. The molecule has 0 aliphatic rings. The number of hydrogen-bond acceptors (Lipinski definition) is 4. The summed E-state index contributed by atoms with van der Waals surface area (Å²) in [6.07, 6.45) is 2.81. The maximum Gasteiger partial charge on any atom is 0.344 e. The Kier molecular flexibility index (Phi) is 7.39. The predicted octanol–water partition coefficient (Wildman–Crippen LogP) is 5.28. The summed E-state index contributed by atoms with van der Waals surface area (Å²) < 4.78 is 10.4. The fraction of sp³-hybridized carbons (Fsp3) is 0.364. The Labute approximate surface area is 155 Å². The highest BCUT2D eigenvalue weighted by Crippen LogP contribution is 2.21. The predicted molar refractivity (Wildman–Crippen MR) is 106 cm³/mol. The summed E-state index contributed by atoms with van der Waals surface area (Å²) in [6, 6.07) is 15.8. The van der Waals surface area contributed by atoms with Crippen molar-refractivity contribution in [2.75, 3.05) is 6.61 Å². The number of carbonyl (C=O) groups is 1. The Morgan fingerprint density at radius 2 is 1.69 bits per heavy atom. The van der Waals surface area contributed by atoms with Gasteiger partial charge in [-0.1, -0.05) is 26.0 Å². The highest BCUT2D eigenvalue weighted by molar-refractivity contribution is 5.82. The molecule has 0 saturated carbocycles. The third-order valence-corrected chi connectivity index (χ3v) is 4.04. The number of rotatable bonds is 8. The average molecular weight is 353 g/mol. The van der Waals surface area contributed by atoms with Crippen molar-refractivity contribution >= 4 is 17.9 Å². The minimum absolute atomic E-state index is 0.0891. The first-order valence-electron chi connectivity index (χ1n) is 9.04. The van der Waals surface area contributed by atoms with Crippen LogP contribution in [0.2, 0.25) is 0 Å². The van der Waals surface area contributed by atoms with Gasteiger partial charge in [0.25, 0.3) is 0 Å². The third kappa shape index (κ3) is 6.36. The Morgan fingerprint density at radius 1 is 1.04 bits per heavy atom. The van der Waals surface area contributed by atoms with Gasteiger partial charge in [-0.25, -0.2) is 4.79 Å². The van der Waals surface area contributed by atoms with Crippen LogP contribution in [0.15, 0.2) is 53.5 Å². The van der Waals surface area contributed by atoms with Crippen molar-refractivity contribution in [1.82, 2.24) is 0 Å². The molecule has 0 amide bonds. The van der Waals surface area contributed by atoms with E-state index in [0.717, 1.165) is 17.7 Å². The molecule has 4 nitrogen and oxygen atoms in total. The van der Waals surface area contributed by atoms with Gasteiger partial charge in [-0.15, -0.1) is 0 Å². The Bertz CT molecular complexity index is 718. The van der Waals surface area contributed by atoms with Crippen molar-refractivity contribution in [3.8, 4) is 5.75 Å². The SMILES string of the molecule is CC[C@@H](C)c1ccc(N=Cc2ccc(OCC(=O)OC(C)C)cc2)cc1. The van der Waals surface area contributed by atoms with Crippen molar-refractivity contribution < 1.29 is 14.3 Å². The summed E-state index contributed by atoms with van der Waals surface area (Å²) in [6.45, 7) is 7.95. The van der Waals surface area contributed by atoms with E-state index >= 15 is 0 Å². The van der Waals surface area contributed by atoms with Crippen LogP contribution in [0.1, 0.15) is 51.2 Å². The zero-order valence-corrected chi connectivity index (χ0v) is 15.9. The van der Waals surface area contributed by atoms with E-state index in [1.165, 1.54) is 5.56 Å². The van der Waals surface area contributed by atoms with Crippen LogP contribution < -0.4 is 4.74 Å². The molecule has 2 aromatic carbocycles. The molecule has 2 aromatic rings. The van der Waals surface area contributed by atoms with Crippen LogP contribution in [-0.4, -0.2) is 24.9 Å². The first kappa shape index (κ1) is 19.7. The first-order chi connectivity index (χ1) is 12.5. The summed E-state index contributed by atoms with van der Waals surface area (Å²) in [5.41, 5.74) is 3.23.